The van der Waals surface area contributed by atoms with Gasteiger partial charge in [-0.1, -0.05) is 90.4 Å². The van der Waals surface area contributed by atoms with E-state index >= 15 is 0 Å². The smallest absolute Gasteiger partial charge is 0.316 e. The Morgan fingerprint density at radius 3 is 1.95 bits per heavy atom. The van der Waals surface area contributed by atoms with E-state index in [4.69, 9.17) is 63.0 Å². The largest absolute Gasteiger partial charge is 0.337 e. The van der Waals surface area contributed by atoms with Crippen molar-refractivity contribution in [1.82, 2.24) is 4.90 Å². The Balaban J connectivity index is 2.01. The molecule has 0 N–H and O–H groups in total. The Hall–Kier alpha value is -1.59. The molecule has 14 heteroatoms. The lowest BCUT2D eigenvalue weighted by Gasteiger charge is -2.38. The Labute approximate surface area is 265 Å². The summed E-state index contributed by atoms with van der Waals surface area (Å²) < 4.78 is 13.6. The molecule has 3 amide bonds. The molecule has 6 nitrogen and oxygen atoms in total. The van der Waals surface area contributed by atoms with Crippen molar-refractivity contribution < 1.29 is 14.0 Å². The Morgan fingerprint density at radius 1 is 0.923 bits per heavy atom. The van der Waals surface area contributed by atoms with Gasteiger partial charge in [0.2, 0.25) is 5.84 Å². The highest BCUT2D eigenvalue weighted by Gasteiger charge is 2.46. The molecule has 0 aromatic heterocycles. The first-order valence-corrected chi connectivity index (χ1v) is 14.6. The molecule has 0 bridgehead atoms. The molecule has 39 heavy (non-hydrogen) atoms. The third kappa shape index (κ3) is 6.05. The number of carbonyl (C=O) groups is 2. The van der Waals surface area contributed by atoms with Crippen LogP contribution < -0.4 is 9.80 Å². The standard InChI is InChI=1S/C25H16Br2Cl5FN4O2/c1-35-22(38)21(37(24(35)39)20-5-3-2-4-19(20)33)34-23(25(26,27)12-28)36(13-6-8-15(29)17(31)10-13)14-7-9-16(30)18(32)11-14/h2-11,23H,12H2,1H3. The molecule has 3 aromatic carbocycles. The summed E-state index contributed by atoms with van der Waals surface area (Å²) in [5, 5.41) is 1.10. The minimum Gasteiger partial charge on any atom is -0.316 e. The number of hydrogen-bond acceptors (Lipinski definition) is 4. The van der Waals surface area contributed by atoms with Gasteiger partial charge < -0.3 is 4.90 Å². The normalized spacial score (nSPS) is 15.9. The quantitative estimate of drug-likeness (QED) is 0.179. The van der Waals surface area contributed by atoms with E-state index < -0.39 is 27.2 Å². The summed E-state index contributed by atoms with van der Waals surface area (Å²) in [5.41, 5.74) is 0.815. The zero-order valence-electron chi connectivity index (χ0n) is 19.7. The first-order valence-electron chi connectivity index (χ1n) is 10.9. The van der Waals surface area contributed by atoms with Gasteiger partial charge in [-0.2, -0.15) is 0 Å². The number of halogens is 8. The number of nitrogens with zero attached hydrogens (tertiary/aromatic N) is 4. The van der Waals surface area contributed by atoms with Crippen molar-refractivity contribution in [3.8, 4) is 0 Å². The highest BCUT2D eigenvalue weighted by atomic mass is 79.9. The van der Waals surface area contributed by atoms with Gasteiger partial charge >= 0.3 is 6.03 Å². The summed E-state index contributed by atoms with van der Waals surface area (Å²) in [6, 6.07) is 14.5. The first kappa shape index (κ1) is 30.4. The number of hydrogen-bond donors (Lipinski definition) is 0. The Bertz CT molecular complexity index is 1440. The molecule has 1 saturated heterocycles. The molecule has 0 saturated carbocycles. The third-order valence-corrected chi connectivity index (χ3v) is 9.61. The fraction of sp³-hybridized carbons (Fsp3) is 0.160. The Kier molecular flexibility index (Phi) is 9.43. The van der Waals surface area contributed by atoms with Crippen LogP contribution in [0.3, 0.4) is 0 Å². The molecule has 1 heterocycles. The van der Waals surface area contributed by atoms with Gasteiger partial charge in [-0.25, -0.2) is 19.1 Å². The molecule has 1 atom stereocenters. The summed E-state index contributed by atoms with van der Waals surface area (Å²) in [4.78, 5) is 34.6. The summed E-state index contributed by atoms with van der Waals surface area (Å²) >= 11 is 38.6. The second kappa shape index (κ2) is 12.1. The monoisotopic (exact) mass is 756 g/mol. The first-order chi connectivity index (χ1) is 18.4. The van der Waals surface area contributed by atoms with E-state index in [9.17, 15) is 14.0 Å². The number of alkyl halides is 3. The lowest BCUT2D eigenvalue weighted by Crippen LogP contribution is -2.46. The van der Waals surface area contributed by atoms with E-state index in [1.165, 1.54) is 25.2 Å². The van der Waals surface area contributed by atoms with Crippen molar-refractivity contribution >= 4 is 125 Å². The van der Waals surface area contributed by atoms with Crippen LogP contribution in [-0.4, -0.2) is 45.0 Å². The molecule has 1 unspecified atom stereocenters. The number of amidine groups is 1. The van der Waals surface area contributed by atoms with E-state index in [1.54, 1.807) is 47.4 Å². The number of amides is 3. The van der Waals surface area contributed by atoms with Crippen LogP contribution in [0.1, 0.15) is 0 Å². The number of carbonyl (C=O) groups excluding carboxylic acids is 2. The van der Waals surface area contributed by atoms with Gasteiger partial charge in [-0.15, -0.1) is 11.6 Å². The Morgan fingerprint density at radius 2 is 1.46 bits per heavy atom. The molecular formula is C25H16Br2Cl5FN4O2. The topological polar surface area (TPSA) is 56.2 Å². The van der Waals surface area contributed by atoms with Crippen LogP contribution in [-0.2, 0) is 4.79 Å². The molecule has 204 valence electrons. The number of imide groups is 1. The van der Waals surface area contributed by atoms with Crippen molar-refractivity contribution in [2.45, 2.75) is 9.40 Å². The van der Waals surface area contributed by atoms with E-state index in [1.807, 2.05) is 0 Å². The number of benzene rings is 3. The minimum absolute atomic E-state index is 0.0781. The second-order valence-corrected chi connectivity index (χ2v) is 14.0. The highest BCUT2D eigenvalue weighted by molar-refractivity contribution is 9.25. The third-order valence-electron chi connectivity index (χ3n) is 5.69. The van der Waals surface area contributed by atoms with Gasteiger partial charge in [0.15, 0.2) is 6.17 Å². The van der Waals surface area contributed by atoms with Crippen molar-refractivity contribution in [1.29, 1.82) is 0 Å². The fourth-order valence-electron chi connectivity index (χ4n) is 3.76. The number of rotatable bonds is 7. The van der Waals surface area contributed by atoms with E-state index in [0.29, 0.717) is 21.4 Å². The number of likely N-dealkylation sites (N-methyl/N-ethyl adjacent to an activating group) is 1. The second-order valence-electron chi connectivity index (χ2n) is 8.22. The van der Waals surface area contributed by atoms with Crippen LogP contribution in [0, 0.1) is 5.82 Å². The van der Waals surface area contributed by atoms with E-state index in [0.717, 1.165) is 9.80 Å². The summed E-state index contributed by atoms with van der Waals surface area (Å²) in [6.07, 6.45) is -1.10. The van der Waals surface area contributed by atoms with Crippen molar-refractivity contribution in [3.63, 3.8) is 0 Å². The van der Waals surface area contributed by atoms with E-state index in [2.05, 4.69) is 31.9 Å². The summed E-state index contributed by atoms with van der Waals surface area (Å²) in [7, 11) is 1.28. The average Bonchev–Trinajstić information content (AvgIpc) is 3.11. The maximum Gasteiger partial charge on any atom is 0.337 e. The van der Waals surface area contributed by atoms with Crippen LogP contribution in [0.15, 0.2) is 65.7 Å². The predicted octanol–water partition coefficient (Wildman–Crippen LogP) is 9.13. The number of urea groups is 1. The van der Waals surface area contributed by atoms with Gasteiger partial charge in [-0.3, -0.25) is 9.69 Å². The van der Waals surface area contributed by atoms with Gasteiger partial charge in [0, 0.05) is 18.4 Å². The maximum atomic E-state index is 14.8. The minimum atomic E-state index is -1.21. The summed E-state index contributed by atoms with van der Waals surface area (Å²) in [6.45, 7) is 0. The van der Waals surface area contributed by atoms with E-state index in [-0.39, 0.29) is 27.4 Å². The van der Waals surface area contributed by atoms with Crippen LogP contribution >= 0.6 is 89.9 Å². The van der Waals surface area contributed by atoms with Gasteiger partial charge in [0.25, 0.3) is 5.91 Å². The fourth-order valence-corrected chi connectivity index (χ4v) is 5.10. The van der Waals surface area contributed by atoms with Crippen LogP contribution in [0.4, 0.5) is 26.2 Å². The van der Waals surface area contributed by atoms with Crippen molar-refractivity contribution in [3.05, 3.63) is 86.6 Å². The molecule has 1 aliphatic heterocycles. The van der Waals surface area contributed by atoms with Gasteiger partial charge in [0.1, 0.15) is 9.05 Å². The van der Waals surface area contributed by atoms with Gasteiger partial charge in [0.05, 0.1) is 31.7 Å². The average molecular weight is 760 g/mol. The SMILES string of the molecule is CN1C(=O)C(=NC(N(c2ccc(Cl)c(Cl)c2)c2ccc(Cl)c(Cl)c2)C(Br)(Br)CCl)N(c2ccccc2F)C1=O. The molecular weight excluding hydrogens is 744 g/mol. The lowest BCUT2D eigenvalue weighted by molar-refractivity contribution is -0.119. The zero-order valence-corrected chi connectivity index (χ0v) is 26.6. The molecule has 1 fully saturated rings. The molecule has 0 spiro atoms. The van der Waals surface area contributed by atoms with Gasteiger partial charge in [-0.05, 0) is 48.5 Å². The molecule has 4 rings (SSSR count). The number of para-hydroxylation sites is 1. The zero-order chi connectivity index (χ0) is 28.6. The lowest BCUT2D eigenvalue weighted by atomic mass is 10.2. The van der Waals surface area contributed by atoms with Crippen LogP contribution in [0.25, 0.3) is 0 Å². The summed E-state index contributed by atoms with van der Waals surface area (Å²) in [5.74, 6) is -1.88. The predicted molar refractivity (Wildman–Crippen MR) is 165 cm³/mol. The van der Waals surface area contributed by atoms with Crippen molar-refractivity contribution in [2.75, 3.05) is 22.7 Å². The molecule has 3 aromatic rings. The maximum absolute atomic E-state index is 14.8. The number of aliphatic imine (C=N–C) groups is 1. The molecule has 1 aliphatic rings. The molecule has 0 radical (unpaired) electrons. The van der Waals surface area contributed by atoms with Crippen molar-refractivity contribution in [2.24, 2.45) is 4.99 Å². The number of anilines is 3. The highest BCUT2D eigenvalue weighted by Crippen LogP contribution is 2.44. The molecule has 0 aliphatic carbocycles. The van der Waals surface area contributed by atoms with Crippen LogP contribution in [0.5, 0.6) is 0 Å². The van der Waals surface area contributed by atoms with Crippen LogP contribution in [0.2, 0.25) is 20.1 Å².